The van der Waals surface area contributed by atoms with Crippen LogP contribution in [0.2, 0.25) is 0 Å². The number of hydrogen-bond donors (Lipinski definition) is 1. The van der Waals surface area contributed by atoms with E-state index in [0.717, 1.165) is 24.7 Å². The van der Waals surface area contributed by atoms with Gasteiger partial charge in [-0.3, -0.25) is 4.90 Å². The zero-order valence-corrected chi connectivity index (χ0v) is 12.8. The van der Waals surface area contributed by atoms with E-state index >= 15 is 0 Å². The predicted octanol–water partition coefficient (Wildman–Crippen LogP) is 3.29. The van der Waals surface area contributed by atoms with Crippen LogP contribution in [0.5, 0.6) is 0 Å². The quantitative estimate of drug-likeness (QED) is 0.889. The number of piperidine rings is 2. The van der Waals surface area contributed by atoms with Gasteiger partial charge in [0.1, 0.15) is 0 Å². The molecule has 0 radical (unpaired) electrons. The Kier molecular flexibility index (Phi) is 4.57. The van der Waals surface area contributed by atoms with E-state index in [1.54, 1.807) is 0 Å². The van der Waals surface area contributed by atoms with Crippen LogP contribution in [-0.4, -0.2) is 36.1 Å². The minimum absolute atomic E-state index is 0.776. The van der Waals surface area contributed by atoms with Gasteiger partial charge in [0.2, 0.25) is 0 Å². The van der Waals surface area contributed by atoms with Crippen LogP contribution in [-0.2, 0) is 6.42 Å². The first-order valence-corrected chi connectivity index (χ1v) is 8.81. The molecule has 2 aliphatic rings. The Balaban J connectivity index is 1.59. The topological polar surface area (TPSA) is 15.3 Å². The molecule has 1 aromatic rings. The highest BCUT2D eigenvalue weighted by Gasteiger charge is 2.37. The van der Waals surface area contributed by atoms with E-state index in [1.807, 2.05) is 11.3 Å². The maximum absolute atomic E-state index is 3.68. The molecule has 0 aliphatic carbocycles. The van der Waals surface area contributed by atoms with Crippen molar-refractivity contribution in [2.45, 2.75) is 63.6 Å². The summed E-state index contributed by atoms with van der Waals surface area (Å²) in [5.41, 5.74) is 1.52. The molecule has 3 heterocycles. The van der Waals surface area contributed by atoms with Crippen molar-refractivity contribution >= 4 is 11.3 Å². The van der Waals surface area contributed by atoms with Crippen molar-refractivity contribution in [1.29, 1.82) is 0 Å². The lowest BCUT2D eigenvalue weighted by molar-refractivity contribution is 0.0260. The summed E-state index contributed by atoms with van der Waals surface area (Å²) in [4.78, 5) is 2.83. The van der Waals surface area contributed by atoms with Crippen LogP contribution in [0.3, 0.4) is 0 Å². The number of nitrogens with zero attached hydrogens (tertiary/aromatic N) is 1. The lowest BCUT2D eigenvalue weighted by atomic mass is 9.81. The van der Waals surface area contributed by atoms with Gasteiger partial charge in [0.25, 0.3) is 0 Å². The van der Waals surface area contributed by atoms with E-state index in [-0.39, 0.29) is 0 Å². The van der Waals surface area contributed by atoms with Crippen molar-refractivity contribution in [3.63, 3.8) is 0 Å². The molecule has 0 amide bonds. The van der Waals surface area contributed by atoms with Crippen LogP contribution in [0.4, 0.5) is 0 Å². The molecular weight excluding hydrogens is 252 g/mol. The Morgan fingerprint density at radius 1 is 1.32 bits per heavy atom. The fourth-order valence-electron chi connectivity index (χ4n) is 3.99. The molecule has 2 saturated heterocycles. The maximum atomic E-state index is 3.68. The lowest BCUT2D eigenvalue weighted by Gasteiger charge is -2.49. The van der Waals surface area contributed by atoms with Crippen LogP contribution in [0, 0.1) is 0 Å². The molecule has 2 bridgehead atoms. The molecule has 1 N–H and O–H groups in total. The van der Waals surface area contributed by atoms with E-state index < -0.39 is 0 Å². The second-order valence-electron chi connectivity index (χ2n) is 6.08. The summed E-state index contributed by atoms with van der Waals surface area (Å²) >= 11 is 1.83. The summed E-state index contributed by atoms with van der Waals surface area (Å²) in [6.07, 6.45) is 8.26. The molecule has 2 unspecified atom stereocenters. The average molecular weight is 278 g/mol. The van der Waals surface area contributed by atoms with Crippen molar-refractivity contribution in [2.24, 2.45) is 0 Å². The monoisotopic (exact) mass is 278 g/mol. The third kappa shape index (κ3) is 3.21. The number of hydrogen-bond acceptors (Lipinski definition) is 3. The zero-order chi connectivity index (χ0) is 13.1. The normalized spacial score (nSPS) is 31.5. The molecule has 1 aromatic heterocycles. The summed E-state index contributed by atoms with van der Waals surface area (Å²) < 4.78 is 0. The number of rotatable bonds is 5. The third-order valence-electron chi connectivity index (χ3n) is 4.86. The first-order chi connectivity index (χ1) is 9.36. The molecule has 0 spiro atoms. The fraction of sp³-hybridized carbons (Fsp3) is 0.750. The highest BCUT2D eigenvalue weighted by atomic mass is 32.1. The molecule has 0 aromatic carbocycles. The van der Waals surface area contributed by atoms with Gasteiger partial charge in [-0.1, -0.05) is 13.3 Å². The van der Waals surface area contributed by atoms with E-state index in [1.165, 1.54) is 50.6 Å². The molecule has 2 fully saturated rings. The van der Waals surface area contributed by atoms with Gasteiger partial charge >= 0.3 is 0 Å². The molecule has 2 atom stereocenters. The van der Waals surface area contributed by atoms with Crippen molar-refractivity contribution < 1.29 is 0 Å². The van der Waals surface area contributed by atoms with Gasteiger partial charge in [0.15, 0.2) is 0 Å². The van der Waals surface area contributed by atoms with Crippen molar-refractivity contribution in [3.8, 4) is 0 Å². The molecule has 3 rings (SSSR count). The maximum Gasteiger partial charge on any atom is 0.0113 e. The van der Waals surface area contributed by atoms with Crippen LogP contribution in [0.25, 0.3) is 0 Å². The molecule has 2 nitrogen and oxygen atoms in total. The average Bonchev–Trinajstić information content (AvgIpc) is 2.89. The Hall–Kier alpha value is -0.380. The second kappa shape index (κ2) is 6.38. The van der Waals surface area contributed by atoms with Gasteiger partial charge in [-0.25, -0.2) is 0 Å². The highest BCUT2D eigenvalue weighted by molar-refractivity contribution is 7.07. The fourth-order valence-corrected chi connectivity index (χ4v) is 4.70. The number of nitrogens with one attached hydrogen (secondary N) is 1. The molecular formula is C16H26N2S. The summed E-state index contributed by atoms with van der Waals surface area (Å²) in [6, 6.07) is 4.74. The molecule has 2 aliphatic heterocycles. The highest BCUT2D eigenvalue weighted by Crippen LogP contribution is 2.34. The summed E-state index contributed by atoms with van der Waals surface area (Å²) in [5, 5.41) is 8.19. The molecule has 3 heteroatoms. The standard InChI is InChI=1S/C16H26N2S/c1-2-17-14-10-15-4-3-5-16(11-14)18(15)8-6-13-7-9-19-12-13/h7,9,12,14-17H,2-6,8,10-11H2,1H3. The van der Waals surface area contributed by atoms with E-state index in [9.17, 15) is 0 Å². The van der Waals surface area contributed by atoms with Crippen LogP contribution >= 0.6 is 11.3 Å². The number of fused-ring (bicyclic) bond motifs is 2. The minimum atomic E-state index is 0.776. The largest absolute Gasteiger partial charge is 0.314 e. The van der Waals surface area contributed by atoms with Gasteiger partial charge in [-0.15, -0.1) is 0 Å². The molecule has 19 heavy (non-hydrogen) atoms. The third-order valence-corrected chi connectivity index (χ3v) is 5.59. The SMILES string of the molecule is CCNC1CC2CCCC(C1)N2CCc1ccsc1. The minimum Gasteiger partial charge on any atom is -0.314 e. The molecule has 0 saturated carbocycles. The van der Waals surface area contributed by atoms with E-state index in [2.05, 4.69) is 34.0 Å². The Labute approximate surface area is 121 Å². The lowest BCUT2D eigenvalue weighted by Crippen LogP contribution is -2.56. The van der Waals surface area contributed by atoms with E-state index in [0.29, 0.717) is 0 Å². The van der Waals surface area contributed by atoms with Crippen molar-refractivity contribution in [2.75, 3.05) is 13.1 Å². The number of thiophene rings is 1. The Morgan fingerprint density at radius 3 is 2.74 bits per heavy atom. The first kappa shape index (κ1) is 13.6. The van der Waals surface area contributed by atoms with Gasteiger partial charge in [-0.2, -0.15) is 11.3 Å². The zero-order valence-electron chi connectivity index (χ0n) is 12.0. The molecule has 106 valence electrons. The predicted molar refractivity (Wildman–Crippen MR) is 82.9 cm³/mol. The Bertz CT molecular complexity index is 362. The van der Waals surface area contributed by atoms with Gasteiger partial charge in [-0.05, 0) is 61.0 Å². The van der Waals surface area contributed by atoms with Crippen LogP contribution < -0.4 is 5.32 Å². The second-order valence-corrected chi connectivity index (χ2v) is 6.86. The van der Waals surface area contributed by atoms with Crippen molar-refractivity contribution in [3.05, 3.63) is 22.4 Å². The van der Waals surface area contributed by atoms with Crippen molar-refractivity contribution in [1.82, 2.24) is 10.2 Å². The van der Waals surface area contributed by atoms with Gasteiger partial charge in [0, 0.05) is 24.7 Å². The van der Waals surface area contributed by atoms with E-state index in [4.69, 9.17) is 0 Å². The van der Waals surface area contributed by atoms with Gasteiger partial charge in [0.05, 0.1) is 0 Å². The summed E-state index contributed by atoms with van der Waals surface area (Å²) in [6.45, 7) is 4.63. The Morgan fingerprint density at radius 2 is 2.11 bits per heavy atom. The summed E-state index contributed by atoms with van der Waals surface area (Å²) in [5.74, 6) is 0. The van der Waals surface area contributed by atoms with Crippen LogP contribution in [0.15, 0.2) is 16.8 Å². The smallest absolute Gasteiger partial charge is 0.0113 e. The summed E-state index contributed by atoms with van der Waals surface area (Å²) in [7, 11) is 0. The van der Waals surface area contributed by atoms with Crippen LogP contribution in [0.1, 0.15) is 44.6 Å². The van der Waals surface area contributed by atoms with Gasteiger partial charge < -0.3 is 5.32 Å². The first-order valence-electron chi connectivity index (χ1n) is 7.87.